The molecule has 0 bridgehead atoms. The molecule has 136 valence electrons. The molecule has 1 aromatic carbocycles. The van der Waals surface area contributed by atoms with Crippen molar-refractivity contribution in [3.8, 4) is 5.75 Å². The highest BCUT2D eigenvalue weighted by molar-refractivity contribution is 6.22. The molecule has 0 aromatic heterocycles. The van der Waals surface area contributed by atoms with E-state index in [1.54, 1.807) is 24.3 Å². The molecule has 0 radical (unpaired) electrons. The Hall–Kier alpha value is -1.96. The monoisotopic (exact) mass is 347 g/mol. The summed E-state index contributed by atoms with van der Waals surface area (Å²) in [7, 11) is 0. The normalized spacial score (nSPS) is 22.6. The molecule has 25 heavy (non-hydrogen) atoms. The molecule has 1 aromatic rings. The third-order valence-corrected chi connectivity index (χ3v) is 4.79. The second-order valence-corrected chi connectivity index (χ2v) is 6.32. The maximum atomic E-state index is 12.8. The zero-order chi connectivity index (χ0) is 17.8. The van der Waals surface area contributed by atoms with E-state index in [2.05, 4.69) is 9.80 Å². The number of carbonyl (C=O) groups is 2. The van der Waals surface area contributed by atoms with Gasteiger partial charge in [-0.05, 0) is 31.2 Å². The first-order valence-electron chi connectivity index (χ1n) is 8.81. The van der Waals surface area contributed by atoms with Gasteiger partial charge in [0, 0.05) is 32.7 Å². The van der Waals surface area contributed by atoms with Crippen LogP contribution in [0.15, 0.2) is 24.3 Å². The third-order valence-electron chi connectivity index (χ3n) is 4.79. The lowest BCUT2D eigenvalue weighted by molar-refractivity contribution is -0.123. The zero-order valence-electron chi connectivity index (χ0n) is 14.6. The van der Waals surface area contributed by atoms with Crippen molar-refractivity contribution < 1.29 is 19.4 Å². The summed E-state index contributed by atoms with van der Waals surface area (Å²) in [5.74, 6) is 0.420. The number of aliphatic hydroxyl groups excluding tert-OH is 1. The Morgan fingerprint density at radius 3 is 2.40 bits per heavy atom. The molecule has 2 saturated heterocycles. The van der Waals surface area contributed by atoms with Crippen LogP contribution in [0.3, 0.4) is 0 Å². The van der Waals surface area contributed by atoms with Crippen LogP contribution in [-0.4, -0.2) is 78.7 Å². The van der Waals surface area contributed by atoms with Crippen LogP contribution in [0.1, 0.15) is 13.3 Å². The van der Waals surface area contributed by atoms with E-state index in [0.717, 1.165) is 31.9 Å². The number of aliphatic hydroxyl groups is 1. The SMILES string of the molecule is CCOc1ccc(N2C(=O)C[C@@H](N3CCN(CCO)CC3)C2=O)cc1. The smallest absolute Gasteiger partial charge is 0.251 e. The van der Waals surface area contributed by atoms with Crippen molar-refractivity contribution in [1.82, 2.24) is 9.80 Å². The minimum atomic E-state index is -0.379. The van der Waals surface area contributed by atoms with E-state index in [9.17, 15) is 9.59 Å². The summed E-state index contributed by atoms with van der Waals surface area (Å²) in [4.78, 5) is 30.8. The van der Waals surface area contributed by atoms with Crippen molar-refractivity contribution in [2.75, 3.05) is 50.8 Å². The van der Waals surface area contributed by atoms with Gasteiger partial charge in [-0.3, -0.25) is 19.4 Å². The van der Waals surface area contributed by atoms with Gasteiger partial charge < -0.3 is 9.84 Å². The predicted molar refractivity (Wildman–Crippen MR) is 93.6 cm³/mol. The van der Waals surface area contributed by atoms with Crippen molar-refractivity contribution in [3.05, 3.63) is 24.3 Å². The van der Waals surface area contributed by atoms with E-state index in [-0.39, 0.29) is 30.9 Å². The molecule has 7 heteroatoms. The summed E-state index contributed by atoms with van der Waals surface area (Å²) in [5, 5.41) is 9.02. The van der Waals surface area contributed by atoms with Gasteiger partial charge in [-0.1, -0.05) is 0 Å². The number of anilines is 1. The Kier molecular flexibility index (Phi) is 5.67. The van der Waals surface area contributed by atoms with Crippen LogP contribution >= 0.6 is 0 Å². The van der Waals surface area contributed by atoms with E-state index < -0.39 is 0 Å². The minimum Gasteiger partial charge on any atom is -0.494 e. The molecular weight excluding hydrogens is 322 g/mol. The maximum absolute atomic E-state index is 12.8. The minimum absolute atomic E-state index is 0.145. The average Bonchev–Trinajstić information content (AvgIpc) is 2.92. The summed E-state index contributed by atoms with van der Waals surface area (Å²) in [6.07, 6.45) is 0.228. The number of benzene rings is 1. The highest BCUT2D eigenvalue weighted by Gasteiger charge is 2.43. The molecule has 0 unspecified atom stereocenters. The standard InChI is InChI=1S/C18H25N3O4/c1-2-25-15-5-3-14(4-6-15)21-17(23)13-16(18(21)24)20-9-7-19(8-10-20)11-12-22/h3-6,16,22H,2,7-13H2,1H3/t16-/m1/s1. The van der Waals surface area contributed by atoms with Crippen molar-refractivity contribution in [1.29, 1.82) is 0 Å². The number of rotatable bonds is 6. The Labute approximate surface area is 147 Å². The van der Waals surface area contributed by atoms with Crippen molar-refractivity contribution in [2.24, 2.45) is 0 Å². The first-order chi connectivity index (χ1) is 12.1. The van der Waals surface area contributed by atoms with Crippen LogP contribution in [0.4, 0.5) is 5.69 Å². The Morgan fingerprint density at radius 1 is 1.12 bits per heavy atom. The summed E-state index contributed by atoms with van der Waals surface area (Å²) in [5.41, 5.74) is 0.597. The number of hydrogen-bond donors (Lipinski definition) is 1. The molecule has 2 aliphatic rings. The van der Waals surface area contributed by atoms with Gasteiger partial charge >= 0.3 is 0 Å². The summed E-state index contributed by atoms with van der Waals surface area (Å²) < 4.78 is 5.40. The second kappa shape index (κ2) is 7.95. The fourth-order valence-corrected chi connectivity index (χ4v) is 3.47. The highest BCUT2D eigenvalue weighted by Crippen LogP contribution is 2.27. The number of nitrogens with zero attached hydrogens (tertiary/aromatic N) is 3. The fourth-order valence-electron chi connectivity index (χ4n) is 3.47. The molecule has 3 rings (SSSR count). The molecule has 0 spiro atoms. The third kappa shape index (κ3) is 3.84. The van der Waals surface area contributed by atoms with Crippen LogP contribution in [0.5, 0.6) is 5.75 Å². The Bertz CT molecular complexity index is 611. The summed E-state index contributed by atoms with van der Waals surface area (Å²) in [6, 6.07) is 6.68. The number of carbonyl (C=O) groups excluding carboxylic acids is 2. The van der Waals surface area contributed by atoms with Crippen molar-refractivity contribution >= 4 is 17.5 Å². The number of imide groups is 1. The molecule has 2 amide bonds. The van der Waals surface area contributed by atoms with Gasteiger partial charge in [-0.25, -0.2) is 4.90 Å². The summed E-state index contributed by atoms with van der Waals surface area (Å²) in [6.45, 7) is 6.37. The first kappa shape index (κ1) is 17.8. The average molecular weight is 347 g/mol. The molecule has 2 aliphatic heterocycles. The molecule has 0 aliphatic carbocycles. The maximum Gasteiger partial charge on any atom is 0.251 e. The first-order valence-corrected chi connectivity index (χ1v) is 8.81. The van der Waals surface area contributed by atoms with Crippen molar-refractivity contribution in [2.45, 2.75) is 19.4 Å². The van der Waals surface area contributed by atoms with Crippen LogP contribution < -0.4 is 9.64 Å². The van der Waals surface area contributed by atoms with Crippen LogP contribution in [0, 0.1) is 0 Å². The van der Waals surface area contributed by atoms with Gasteiger partial charge in [-0.15, -0.1) is 0 Å². The lowest BCUT2D eigenvalue weighted by Gasteiger charge is -2.36. The van der Waals surface area contributed by atoms with E-state index in [1.807, 2.05) is 6.92 Å². The highest BCUT2D eigenvalue weighted by atomic mass is 16.5. The molecule has 1 atom stereocenters. The van der Waals surface area contributed by atoms with Crippen molar-refractivity contribution in [3.63, 3.8) is 0 Å². The lowest BCUT2D eigenvalue weighted by atomic mass is 10.1. The van der Waals surface area contributed by atoms with E-state index in [1.165, 1.54) is 4.90 Å². The van der Waals surface area contributed by atoms with Gasteiger partial charge in [0.2, 0.25) is 5.91 Å². The second-order valence-electron chi connectivity index (χ2n) is 6.32. The zero-order valence-corrected chi connectivity index (χ0v) is 14.6. The van der Waals surface area contributed by atoms with E-state index in [4.69, 9.17) is 9.84 Å². The van der Waals surface area contributed by atoms with E-state index >= 15 is 0 Å². The molecule has 2 heterocycles. The number of ether oxygens (including phenoxy) is 1. The summed E-state index contributed by atoms with van der Waals surface area (Å²) >= 11 is 0. The molecular formula is C18H25N3O4. The van der Waals surface area contributed by atoms with Gasteiger partial charge in [0.15, 0.2) is 0 Å². The number of piperazine rings is 1. The van der Waals surface area contributed by atoms with E-state index in [0.29, 0.717) is 18.8 Å². The number of amides is 2. The largest absolute Gasteiger partial charge is 0.494 e. The molecule has 1 N–H and O–H groups in total. The predicted octanol–water partition coefficient (Wildman–Crippen LogP) is 0.327. The fraction of sp³-hybridized carbons (Fsp3) is 0.556. The Morgan fingerprint density at radius 2 is 1.80 bits per heavy atom. The Balaban J connectivity index is 1.66. The molecule has 7 nitrogen and oxygen atoms in total. The van der Waals surface area contributed by atoms with Gasteiger partial charge in [0.1, 0.15) is 5.75 Å². The number of hydrogen-bond acceptors (Lipinski definition) is 6. The van der Waals surface area contributed by atoms with Gasteiger partial charge in [0.05, 0.1) is 31.4 Å². The molecule has 2 fully saturated rings. The van der Waals surface area contributed by atoms with Crippen LogP contribution in [0.2, 0.25) is 0 Å². The quantitative estimate of drug-likeness (QED) is 0.748. The van der Waals surface area contributed by atoms with Gasteiger partial charge in [0.25, 0.3) is 5.91 Å². The lowest BCUT2D eigenvalue weighted by Crippen LogP contribution is -2.52. The van der Waals surface area contributed by atoms with Crippen LogP contribution in [-0.2, 0) is 9.59 Å². The number of β-amino-alcohol motifs (C(OH)–C–C–N with tert-alkyl or cyclic N) is 1. The van der Waals surface area contributed by atoms with Crippen LogP contribution in [0.25, 0.3) is 0 Å². The van der Waals surface area contributed by atoms with Gasteiger partial charge in [-0.2, -0.15) is 0 Å². The topological polar surface area (TPSA) is 73.3 Å². The molecule has 0 saturated carbocycles.